The highest BCUT2D eigenvalue weighted by molar-refractivity contribution is 5.68. The maximum atomic E-state index is 14.2. The largest absolute Gasteiger partial charge is 0.388 e. The summed E-state index contributed by atoms with van der Waals surface area (Å²) in [6.45, 7) is 4.54. The maximum absolute atomic E-state index is 14.2. The minimum absolute atomic E-state index is 0.142. The van der Waals surface area contributed by atoms with Crippen molar-refractivity contribution < 1.29 is 19.0 Å². The monoisotopic (exact) mass is 384 g/mol. The Balaban J connectivity index is 1.61. The fourth-order valence-corrected chi connectivity index (χ4v) is 4.23. The van der Waals surface area contributed by atoms with Gasteiger partial charge in [0.2, 0.25) is 0 Å². The van der Waals surface area contributed by atoms with Gasteiger partial charge in [0.25, 0.3) is 0 Å². The quantitative estimate of drug-likeness (QED) is 0.749. The van der Waals surface area contributed by atoms with E-state index in [0.29, 0.717) is 18.0 Å². The molecule has 8 heteroatoms. The molecule has 0 spiro atoms. The number of nitrogens with zero attached hydrogens (tertiary/aromatic N) is 4. The number of benzene rings is 1. The number of hydrogen-bond donors (Lipinski definition) is 1. The molecule has 2 aliphatic heterocycles. The average molecular weight is 384 g/mol. The topological polar surface area (TPSA) is 74.3 Å². The smallest absolute Gasteiger partial charge is 0.142 e. The Morgan fingerprint density at radius 2 is 1.96 bits per heavy atom. The van der Waals surface area contributed by atoms with Crippen molar-refractivity contribution in [1.29, 1.82) is 0 Å². The third-order valence-electron chi connectivity index (χ3n) is 5.46. The number of aromatic nitrogens is 4. The molecule has 2 aromatic heterocycles. The summed E-state index contributed by atoms with van der Waals surface area (Å²) in [6, 6.07) is 6.45. The number of aliphatic hydroxyl groups is 1. The van der Waals surface area contributed by atoms with Crippen molar-refractivity contribution in [2.45, 2.75) is 38.2 Å². The van der Waals surface area contributed by atoms with Crippen molar-refractivity contribution in [3.05, 3.63) is 53.9 Å². The van der Waals surface area contributed by atoms with Crippen molar-refractivity contribution in [3.8, 4) is 17.1 Å². The van der Waals surface area contributed by atoms with E-state index < -0.39 is 6.10 Å². The summed E-state index contributed by atoms with van der Waals surface area (Å²) in [6.07, 6.45) is 2.30. The van der Waals surface area contributed by atoms with Crippen LogP contribution in [-0.4, -0.2) is 56.0 Å². The van der Waals surface area contributed by atoms with Gasteiger partial charge in [-0.3, -0.25) is 0 Å². The Labute approximate surface area is 161 Å². The summed E-state index contributed by atoms with van der Waals surface area (Å²) < 4.78 is 29.5. The molecular formula is C20H21FN4O3. The van der Waals surface area contributed by atoms with E-state index >= 15 is 0 Å². The first-order valence-electron chi connectivity index (χ1n) is 9.30. The molecule has 2 aliphatic rings. The van der Waals surface area contributed by atoms with E-state index in [4.69, 9.17) is 9.47 Å². The highest BCUT2D eigenvalue weighted by Gasteiger charge is 2.48. The molecule has 4 atom stereocenters. The molecule has 0 bridgehead atoms. The summed E-state index contributed by atoms with van der Waals surface area (Å²) in [4.78, 5) is 4.51. The molecule has 4 heterocycles. The van der Waals surface area contributed by atoms with Crippen LogP contribution in [0.15, 0.2) is 36.7 Å². The molecule has 1 aromatic carbocycles. The van der Waals surface area contributed by atoms with Gasteiger partial charge >= 0.3 is 0 Å². The zero-order chi connectivity index (χ0) is 19.4. The summed E-state index contributed by atoms with van der Waals surface area (Å²) in [5, 5.41) is 14.6. The van der Waals surface area contributed by atoms with Crippen molar-refractivity contribution >= 4 is 0 Å². The molecule has 0 unspecified atom stereocenters. The van der Waals surface area contributed by atoms with Crippen molar-refractivity contribution in [2.75, 3.05) is 13.2 Å². The molecule has 1 N–H and O–H groups in total. The summed E-state index contributed by atoms with van der Waals surface area (Å²) in [5.74, 6) is 0.268. The van der Waals surface area contributed by atoms with Crippen molar-refractivity contribution in [2.24, 2.45) is 0 Å². The Morgan fingerprint density at radius 3 is 2.75 bits per heavy atom. The molecule has 2 fully saturated rings. The Morgan fingerprint density at radius 1 is 1.14 bits per heavy atom. The van der Waals surface area contributed by atoms with Crippen LogP contribution in [0.2, 0.25) is 0 Å². The van der Waals surface area contributed by atoms with Crippen molar-refractivity contribution in [3.63, 3.8) is 0 Å². The van der Waals surface area contributed by atoms with Crippen LogP contribution in [0.5, 0.6) is 0 Å². The standard InChI is InChI=1S/C20H21FN4O3/c1-11-7-12(2)25(23-11)15-4-3-13(21)8-14(15)20-22-5-6-24(20)16-9-27-19-17(26)10-28-18(16)19/h3-8,16-19,26H,9-10H2,1-2H3/t16-,17-,18-,19-/m1/s1. The van der Waals surface area contributed by atoms with E-state index in [-0.39, 0.29) is 30.7 Å². The summed E-state index contributed by atoms with van der Waals surface area (Å²) in [7, 11) is 0. The van der Waals surface area contributed by atoms with Gasteiger partial charge in [0.1, 0.15) is 30.0 Å². The highest BCUT2D eigenvalue weighted by atomic mass is 19.1. The third-order valence-corrected chi connectivity index (χ3v) is 5.46. The molecule has 0 radical (unpaired) electrons. The first-order chi connectivity index (χ1) is 13.5. The summed E-state index contributed by atoms with van der Waals surface area (Å²) >= 11 is 0. The minimum atomic E-state index is -0.624. The van der Waals surface area contributed by atoms with Crippen LogP contribution in [-0.2, 0) is 9.47 Å². The second-order valence-corrected chi connectivity index (χ2v) is 7.39. The molecule has 7 nitrogen and oxygen atoms in total. The van der Waals surface area contributed by atoms with E-state index in [9.17, 15) is 9.50 Å². The van der Waals surface area contributed by atoms with Crippen LogP contribution in [0.4, 0.5) is 4.39 Å². The van der Waals surface area contributed by atoms with Gasteiger partial charge in [-0.25, -0.2) is 14.1 Å². The molecule has 0 aliphatic carbocycles. The number of aliphatic hydroxyl groups excluding tert-OH is 1. The predicted octanol–water partition coefficient (Wildman–Crippen LogP) is 2.19. The van der Waals surface area contributed by atoms with Gasteiger partial charge in [-0.2, -0.15) is 5.10 Å². The van der Waals surface area contributed by atoms with Crippen LogP contribution in [0.1, 0.15) is 17.4 Å². The van der Waals surface area contributed by atoms with Gasteiger partial charge in [0.15, 0.2) is 0 Å². The van der Waals surface area contributed by atoms with Gasteiger partial charge in [0.05, 0.1) is 30.6 Å². The second-order valence-electron chi connectivity index (χ2n) is 7.39. The molecule has 0 amide bonds. The Hall–Kier alpha value is -2.55. The zero-order valence-electron chi connectivity index (χ0n) is 15.6. The molecule has 2 saturated heterocycles. The lowest BCUT2D eigenvalue weighted by Crippen LogP contribution is -2.30. The van der Waals surface area contributed by atoms with E-state index in [2.05, 4.69) is 10.1 Å². The number of aryl methyl sites for hydroxylation is 2. The number of fused-ring (bicyclic) bond motifs is 1. The first kappa shape index (κ1) is 17.5. The SMILES string of the molecule is Cc1cc(C)n(-c2ccc(F)cc2-c2nccn2[C@@H]2CO[C@H]3[C@@H]2OC[C@H]3O)n1. The van der Waals surface area contributed by atoms with Crippen LogP contribution in [0, 0.1) is 19.7 Å². The maximum Gasteiger partial charge on any atom is 0.142 e. The molecular weight excluding hydrogens is 363 g/mol. The normalized spacial score (nSPS) is 26.7. The van der Waals surface area contributed by atoms with Gasteiger partial charge < -0.3 is 19.1 Å². The molecule has 5 rings (SSSR count). The van der Waals surface area contributed by atoms with E-state index in [1.54, 1.807) is 16.9 Å². The minimum Gasteiger partial charge on any atom is -0.388 e. The third kappa shape index (κ3) is 2.68. The Kier molecular flexibility index (Phi) is 4.08. The van der Waals surface area contributed by atoms with E-state index in [1.807, 2.05) is 30.7 Å². The number of hydrogen-bond acceptors (Lipinski definition) is 5. The lowest BCUT2D eigenvalue weighted by atomic mass is 10.1. The van der Waals surface area contributed by atoms with Gasteiger partial charge in [0, 0.05) is 23.7 Å². The lowest BCUT2D eigenvalue weighted by Gasteiger charge is -2.21. The van der Waals surface area contributed by atoms with Gasteiger partial charge in [-0.05, 0) is 38.1 Å². The van der Waals surface area contributed by atoms with Crippen LogP contribution < -0.4 is 0 Å². The molecule has 3 aromatic rings. The fraction of sp³-hybridized carbons (Fsp3) is 0.400. The molecule has 28 heavy (non-hydrogen) atoms. The molecule has 146 valence electrons. The van der Waals surface area contributed by atoms with Crippen LogP contribution >= 0.6 is 0 Å². The van der Waals surface area contributed by atoms with Crippen molar-refractivity contribution in [1.82, 2.24) is 19.3 Å². The number of ether oxygens (including phenoxy) is 2. The Bertz CT molecular complexity index is 1030. The first-order valence-corrected chi connectivity index (χ1v) is 9.30. The van der Waals surface area contributed by atoms with Crippen LogP contribution in [0.25, 0.3) is 17.1 Å². The lowest BCUT2D eigenvalue weighted by molar-refractivity contribution is 0.0172. The second kappa shape index (κ2) is 6.51. The van der Waals surface area contributed by atoms with E-state index in [0.717, 1.165) is 17.1 Å². The average Bonchev–Trinajstić information content (AvgIpc) is 3.41. The van der Waals surface area contributed by atoms with Crippen LogP contribution in [0.3, 0.4) is 0 Å². The number of rotatable bonds is 3. The number of imidazole rings is 1. The highest BCUT2D eigenvalue weighted by Crippen LogP contribution is 2.37. The molecule has 0 saturated carbocycles. The zero-order valence-corrected chi connectivity index (χ0v) is 15.6. The fourth-order valence-electron chi connectivity index (χ4n) is 4.23. The summed E-state index contributed by atoms with van der Waals surface area (Å²) in [5.41, 5.74) is 3.23. The predicted molar refractivity (Wildman–Crippen MR) is 98.7 cm³/mol. The number of halogens is 1. The van der Waals surface area contributed by atoms with Gasteiger partial charge in [-0.15, -0.1) is 0 Å². The van der Waals surface area contributed by atoms with Gasteiger partial charge in [-0.1, -0.05) is 0 Å². The van der Waals surface area contributed by atoms with E-state index in [1.165, 1.54) is 12.1 Å².